The van der Waals surface area contributed by atoms with Gasteiger partial charge in [-0.15, -0.1) is 0 Å². The maximum absolute atomic E-state index is 12.3. The van der Waals surface area contributed by atoms with Crippen molar-refractivity contribution in [1.29, 1.82) is 0 Å². The number of hydrogen-bond acceptors (Lipinski definition) is 6. The summed E-state index contributed by atoms with van der Waals surface area (Å²) in [5.74, 6) is -2.51. The largest absolute Gasteiger partial charge is 0.454 e. The molecule has 0 saturated heterocycles. The van der Waals surface area contributed by atoms with Crippen LogP contribution in [0, 0.1) is 0 Å². The van der Waals surface area contributed by atoms with Crippen LogP contribution in [-0.2, 0) is 19.1 Å². The topological polar surface area (TPSA) is 86.7 Å². The number of hydrogen-bond donors (Lipinski definition) is 0. The molecule has 0 heterocycles. The first-order valence-corrected chi connectivity index (χ1v) is 11.9. The van der Waals surface area contributed by atoms with Gasteiger partial charge in [0.15, 0.2) is 24.8 Å². The Hall–Kier alpha value is -5.10. The van der Waals surface area contributed by atoms with E-state index in [0.717, 1.165) is 34.4 Å². The van der Waals surface area contributed by atoms with Crippen LogP contribution in [0.25, 0.3) is 22.3 Å². The van der Waals surface area contributed by atoms with Crippen LogP contribution in [0.2, 0.25) is 0 Å². The standard InChI is InChI=1S/C32H24O6/c33-29(27-15-11-25(12-16-27)23-7-3-1-4-8-23)21-37-31(35)19-20-32(36)38-22-30(34)28-17-13-26(14-18-28)24-9-5-2-6-10-24/h1-20H,21-22H2. The van der Waals surface area contributed by atoms with Gasteiger partial charge in [0.25, 0.3) is 0 Å². The fraction of sp³-hybridized carbons (Fsp3) is 0.0625. The van der Waals surface area contributed by atoms with E-state index in [1.54, 1.807) is 24.3 Å². The second-order valence-electron chi connectivity index (χ2n) is 8.28. The third-order valence-electron chi connectivity index (χ3n) is 5.67. The summed E-state index contributed by atoms with van der Waals surface area (Å²) in [6, 6.07) is 33.4. The van der Waals surface area contributed by atoms with Crippen molar-refractivity contribution in [2.24, 2.45) is 0 Å². The van der Waals surface area contributed by atoms with Crippen LogP contribution in [0.4, 0.5) is 0 Å². The van der Waals surface area contributed by atoms with E-state index in [0.29, 0.717) is 11.1 Å². The van der Waals surface area contributed by atoms with Crippen molar-refractivity contribution < 1.29 is 28.7 Å². The van der Waals surface area contributed by atoms with E-state index in [1.165, 1.54) is 0 Å². The maximum Gasteiger partial charge on any atom is 0.331 e. The summed E-state index contributed by atoms with van der Waals surface area (Å²) < 4.78 is 9.83. The maximum atomic E-state index is 12.3. The van der Waals surface area contributed by atoms with Crippen molar-refractivity contribution in [2.75, 3.05) is 13.2 Å². The van der Waals surface area contributed by atoms with Crippen LogP contribution in [0.5, 0.6) is 0 Å². The molecule has 0 spiro atoms. The van der Waals surface area contributed by atoms with E-state index in [2.05, 4.69) is 0 Å². The van der Waals surface area contributed by atoms with Crippen LogP contribution in [-0.4, -0.2) is 36.7 Å². The molecule has 0 radical (unpaired) electrons. The van der Waals surface area contributed by atoms with Crippen molar-refractivity contribution in [3.63, 3.8) is 0 Å². The minimum atomic E-state index is -0.876. The van der Waals surface area contributed by atoms with Crippen LogP contribution in [0.1, 0.15) is 20.7 Å². The second kappa shape index (κ2) is 12.7. The first-order valence-electron chi connectivity index (χ1n) is 11.9. The number of ether oxygens (including phenoxy) is 2. The zero-order valence-corrected chi connectivity index (χ0v) is 20.4. The Balaban J connectivity index is 1.20. The molecule has 38 heavy (non-hydrogen) atoms. The monoisotopic (exact) mass is 504 g/mol. The van der Waals surface area contributed by atoms with Gasteiger partial charge in [-0.1, -0.05) is 109 Å². The van der Waals surface area contributed by atoms with Crippen molar-refractivity contribution in [2.45, 2.75) is 0 Å². The molecule has 4 aromatic rings. The molecular weight excluding hydrogens is 480 g/mol. The Kier molecular flexibility index (Phi) is 8.71. The average Bonchev–Trinajstić information content (AvgIpc) is 2.98. The lowest BCUT2D eigenvalue weighted by Crippen LogP contribution is -2.14. The normalized spacial score (nSPS) is 10.6. The first kappa shape index (κ1) is 26.0. The van der Waals surface area contributed by atoms with Gasteiger partial charge in [0.2, 0.25) is 0 Å². The van der Waals surface area contributed by atoms with Gasteiger partial charge in [0, 0.05) is 23.3 Å². The molecule has 0 atom stereocenters. The minimum Gasteiger partial charge on any atom is -0.454 e. The number of ketones is 2. The van der Waals surface area contributed by atoms with E-state index < -0.39 is 25.2 Å². The van der Waals surface area contributed by atoms with E-state index in [9.17, 15) is 19.2 Å². The predicted octanol–water partition coefficient (Wildman–Crippen LogP) is 5.73. The highest BCUT2D eigenvalue weighted by Crippen LogP contribution is 2.20. The van der Waals surface area contributed by atoms with Gasteiger partial charge in [-0.3, -0.25) is 9.59 Å². The molecule has 0 aliphatic rings. The summed E-state index contributed by atoms with van der Waals surface area (Å²) in [6.45, 7) is -0.944. The molecule has 0 fully saturated rings. The number of carbonyl (C=O) groups excluding carboxylic acids is 4. The highest BCUT2D eigenvalue weighted by atomic mass is 16.5. The number of rotatable bonds is 10. The minimum absolute atomic E-state index is 0.377. The lowest BCUT2D eigenvalue weighted by molar-refractivity contribution is -0.139. The van der Waals surface area contributed by atoms with Crippen molar-refractivity contribution >= 4 is 23.5 Å². The SMILES string of the molecule is O=C(C=CC(=O)OCC(=O)c1ccc(-c2ccccc2)cc1)OCC(=O)c1ccc(-c2ccccc2)cc1. The lowest BCUT2D eigenvalue weighted by atomic mass is 10.0. The smallest absolute Gasteiger partial charge is 0.331 e. The predicted molar refractivity (Wildman–Crippen MR) is 143 cm³/mol. The Morgan fingerprint density at radius 3 is 1.11 bits per heavy atom. The first-order chi connectivity index (χ1) is 18.5. The summed E-state index contributed by atoms with van der Waals surface area (Å²) in [4.78, 5) is 48.4. The van der Waals surface area contributed by atoms with Crippen molar-refractivity contribution in [3.8, 4) is 22.3 Å². The second-order valence-corrected chi connectivity index (χ2v) is 8.28. The molecule has 0 amide bonds. The van der Waals surface area contributed by atoms with E-state index in [-0.39, 0.29) is 11.6 Å². The van der Waals surface area contributed by atoms with Gasteiger partial charge in [0.1, 0.15) is 0 Å². The Labute approximate surface area is 220 Å². The lowest BCUT2D eigenvalue weighted by Gasteiger charge is -2.05. The highest BCUT2D eigenvalue weighted by Gasteiger charge is 2.11. The Morgan fingerprint density at radius 1 is 0.447 bits per heavy atom. The molecule has 0 aliphatic heterocycles. The molecular formula is C32H24O6. The molecule has 0 unspecified atom stereocenters. The fourth-order valence-corrected chi connectivity index (χ4v) is 3.63. The van der Waals surface area contributed by atoms with Crippen LogP contribution < -0.4 is 0 Å². The van der Waals surface area contributed by atoms with Gasteiger partial charge in [-0.05, 0) is 22.3 Å². The molecule has 0 bridgehead atoms. The molecule has 4 aromatic carbocycles. The molecule has 4 rings (SSSR count). The van der Waals surface area contributed by atoms with Crippen molar-refractivity contribution in [1.82, 2.24) is 0 Å². The number of carbonyl (C=O) groups is 4. The number of esters is 2. The van der Waals surface area contributed by atoms with E-state index in [4.69, 9.17) is 9.47 Å². The van der Waals surface area contributed by atoms with Crippen LogP contribution in [0.3, 0.4) is 0 Å². The molecule has 0 aliphatic carbocycles. The average molecular weight is 505 g/mol. The zero-order valence-electron chi connectivity index (χ0n) is 20.4. The number of benzene rings is 4. The van der Waals surface area contributed by atoms with Crippen LogP contribution >= 0.6 is 0 Å². The fourth-order valence-electron chi connectivity index (χ4n) is 3.63. The van der Waals surface area contributed by atoms with Gasteiger partial charge < -0.3 is 9.47 Å². The number of Topliss-reactive ketones (excluding diaryl/α,β-unsaturated/α-hetero) is 2. The zero-order chi connectivity index (χ0) is 26.7. The summed E-state index contributed by atoms with van der Waals surface area (Å²) in [5.41, 5.74) is 4.77. The van der Waals surface area contributed by atoms with Gasteiger partial charge in [-0.25, -0.2) is 9.59 Å². The third-order valence-corrected chi connectivity index (χ3v) is 5.67. The van der Waals surface area contributed by atoms with Crippen molar-refractivity contribution in [3.05, 3.63) is 132 Å². The van der Waals surface area contributed by atoms with Gasteiger partial charge in [0.05, 0.1) is 0 Å². The van der Waals surface area contributed by atoms with E-state index in [1.807, 2.05) is 84.9 Å². The summed E-state index contributed by atoms with van der Waals surface area (Å²) >= 11 is 0. The van der Waals surface area contributed by atoms with Crippen LogP contribution in [0.15, 0.2) is 121 Å². The molecule has 6 heteroatoms. The molecule has 6 nitrogen and oxygen atoms in total. The molecule has 0 N–H and O–H groups in total. The summed E-state index contributed by atoms with van der Waals surface area (Å²) in [6.07, 6.45) is 1.71. The molecule has 0 aromatic heterocycles. The molecule has 188 valence electrons. The summed E-state index contributed by atoms with van der Waals surface area (Å²) in [5, 5.41) is 0. The quantitative estimate of drug-likeness (QED) is 0.156. The molecule has 0 saturated carbocycles. The Morgan fingerprint density at radius 2 is 0.763 bits per heavy atom. The highest BCUT2D eigenvalue weighted by molar-refractivity contribution is 6.00. The van der Waals surface area contributed by atoms with Gasteiger partial charge >= 0.3 is 11.9 Å². The summed E-state index contributed by atoms with van der Waals surface area (Å²) in [7, 11) is 0. The Bertz CT molecular complexity index is 1320. The van der Waals surface area contributed by atoms with E-state index >= 15 is 0 Å². The van der Waals surface area contributed by atoms with Gasteiger partial charge in [-0.2, -0.15) is 0 Å². The third kappa shape index (κ3) is 7.21.